The van der Waals surface area contributed by atoms with Gasteiger partial charge in [-0.2, -0.15) is 0 Å². The average molecular weight is 704 g/mol. The van der Waals surface area contributed by atoms with E-state index in [2.05, 4.69) is 184 Å². The van der Waals surface area contributed by atoms with Gasteiger partial charge in [-0.05, 0) is 110 Å². The molecule has 1 saturated carbocycles. The van der Waals surface area contributed by atoms with Crippen molar-refractivity contribution >= 4 is 46.2 Å². The van der Waals surface area contributed by atoms with Gasteiger partial charge >= 0.3 is 0 Å². The number of nitrogens with zero attached hydrogens (tertiary/aromatic N) is 1. The van der Waals surface area contributed by atoms with Crippen LogP contribution in [0.1, 0.15) is 67.3 Å². The van der Waals surface area contributed by atoms with Crippen molar-refractivity contribution in [3.05, 3.63) is 173 Å². The molecular weight excluding hydrogens is 655 g/mol. The van der Waals surface area contributed by atoms with Crippen molar-refractivity contribution in [1.82, 2.24) is 0 Å². The molecule has 0 aromatic heterocycles. The Morgan fingerprint density at radius 3 is 1.98 bits per heavy atom. The highest BCUT2D eigenvalue weighted by molar-refractivity contribution is 6.88. The van der Waals surface area contributed by atoms with Gasteiger partial charge < -0.3 is 4.90 Å². The average Bonchev–Trinajstić information content (AvgIpc) is 3.47. The molecule has 0 saturated heterocycles. The van der Waals surface area contributed by atoms with E-state index in [4.69, 9.17) is 0 Å². The van der Waals surface area contributed by atoms with Gasteiger partial charge in [-0.1, -0.05) is 172 Å². The normalized spacial score (nSPS) is 21.6. The van der Waals surface area contributed by atoms with Gasteiger partial charge in [0.05, 0.1) is 13.5 Å². The van der Waals surface area contributed by atoms with Crippen LogP contribution in [0.3, 0.4) is 0 Å². The summed E-state index contributed by atoms with van der Waals surface area (Å²) in [6.07, 6.45) is 6.22. The molecule has 7 aromatic rings. The largest absolute Gasteiger partial charge is 0.335 e. The van der Waals surface area contributed by atoms with Crippen molar-refractivity contribution in [2.75, 3.05) is 4.90 Å². The lowest BCUT2D eigenvalue weighted by Gasteiger charge is -2.60. The van der Waals surface area contributed by atoms with Crippen molar-refractivity contribution in [3.8, 4) is 11.1 Å². The predicted octanol–water partition coefficient (Wildman–Crippen LogP) is 12.9. The number of hydrogen-bond acceptors (Lipinski definition) is 1. The summed E-state index contributed by atoms with van der Waals surface area (Å²) in [5.74, 6) is 0. The molecular formula is C51H49NSi. The first-order valence-corrected chi connectivity index (χ1v) is 23.3. The highest BCUT2D eigenvalue weighted by atomic mass is 28.3. The van der Waals surface area contributed by atoms with Crippen LogP contribution >= 0.6 is 0 Å². The van der Waals surface area contributed by atoms with Gasteiger partial charge in [-0.15, -0.1) is 0 Å². The van der Waals surface area contributed by atoms with Crippen LogP contribution in [0.2, 0.25) is 19.6 Å². The summed E-state index contributed by atoms with van der Waals surface area (Å²) < 4.78 is 0. The number of rotatable bonds is 4. The first-order valence-electron chi connectivity index (χ1n) is 19.8. The summed E-state index contributed by atoms with van der Waals surface area (Å²) in [6, 6.07) is 56.2. The van der Waals surface area contributed by atoms with E-state index in [1.165, 1.54) is 97.5 Å². The number of anilines is 2. The van der Waals surface area contributed by atoms with Crippen molar-refractivity contribution in [1.29, 1.82) is 0 Å². The van der Waals surface area contributed by atoms with E-state index >= 15 is 0 Å². The molecule has 2 atom stereocenters. The van der Waals surface area contributed by atoms with Gasteiger partial charge in [0.25, 0.3) is 0 Å². The monoisotopic (exact) mass is 703 g/mol. The van der Waals surface area contributed by atoms with Crippen LogP contribution < -0.4 is 10.1 Å². The maximum absolute atomic E-state index is 2.81. The van der Waals surface area contributed by atoms with E-state index < -0.39 is 13.5 Å². The van der Waals surface area contributed by atoms with Gasteiger partial charge in [-0.3, -0.25) is 0 Å². The molecule has 262 valence electrons. The fourth-order valence-electron chi connectivity index (χ4n) is 10.9. The summed E-state index contributed by atoms with van der Waals surface area (Å²) in [7, 11) is -1.48. The van der Waals surface area contributed by atoms with Crippen molar-refractivity contribution in [2.45, 2.75) is 76.5 Å². The van der Waals surface area contributed by atoms with Gasteiger partial charge in [0, 0.05) is 16.9 Å². The van der Waals surface area contributed by atoms with E-state index in [9.17, 15) is 0 Å². The molecule has 0 spiro atoms. The van der Waals surface area contributed by atoms with E-state index in [1.807, 2.05) is 0 Å². The number of hydrogen-bond donors (Lipinski definition) is 0. The lowest BCUT2D eigenvalue weighted by Crippen LogP contribution is -2.61. The van der Waals surface area contributed by atoms with Crippen LogP contribution in [0, 0.1) is 5.41 Å². The van der Waals surface area contributed by atoms with Crippen molar-refractivity contribution in [3.63, 3.8) is 0 Å². The van der Waals surface area contributed by atoms with E-state index in [0.29, 0.717) is 0 Å². The van der Waals surface area contributed by atoms with Gasteiger partial charge in [0.15, 0.2) is 0 Å². The molecule has 1 nitrogen and oxygen atoms in total. The first kappa shape index (κ1) is 32.7. The minimum absolute atomic E-state index is 0.00634. The predicted molar refractivity (Wildman–Crippen MR) is 229 cm³/mol. The van der Waals surface area contributed by atoms with E-state index in [-0.39, 0.29) is 11.0 Å². The first-order chi connectivity index (χ1) is 25.6. The third kappa shape index (κ3) is 4.54. The zero-order valence-electron chi connectivity index (χ0n) is 31.8. The summed E-state index contributed by atoms with van der Waals surface area (Å²) >= 11 is 0. The Hall–Kier alpha value is -4.92. The zero-order chi connectivity index (χ0) is 36.2. The Morgan fingerprint density at radius 2 is 1.25 bits per heavy atom. The maximum atomic E-state index is 2.81. The fourth-order valence-corrected chi connectivity index (χ4v) is 12.1. The molecule has 0 bridgehead atoms. The molecule has 2 aliphatic carbocycles. The molecule has 3 aliphatic rings. The minimum Gasteiger partial charge on any atom is -0.335 e. The van der Waals surface area contributed by atoms with Crippen molar-refractivity contribution < 1.29 is 0 Å². The fraction of sp³-hybridized carbons (Fsp3) is 0.255. The molecule has 10 rings (SSSR count). The van der Waals surface area contributed by atoms with Gasteiger partial charge in [-0.25, -0.2) is 0 Å². The Labute approximate surface area is 316 Å². The van der Waals surface area contributed by atoms with Crippen LogP contribution in [0.5, 0.6) is 0 Å². The summed E-state index contributed by atoms with van der Waals surface area (Å²) in [5, 5.41) is 6.82. The summed E-state index contributed by atoms with van der Waals surface area (Å²) in [6.45, 7) is 12.6. The van der Waals surface area contributed by atoms with Crippen LogP contribution in [0.25, 0.3) is 32.7 Å². The molecule has 53 heavy (non-hydrogen) atoms. The summed E-state index contributed by atoms with van der Waals surface area (Å²) in [5.41, 5.74) is 12.1. The molecule has 1 fully saturated rings. The molecule has 1 heterocycles. The van der Waals surface area contributed by atoms with Crippen LogP contribution in [-0.2, 0) is 11.8 Å². The molecule has 1 aliphatic heterocycles. The van der Waals surface area contributed by atoms with Gasteiger partial charge in [0.2, 0.25) is 0 Å². The van der Waals surface area contributed by atoms with Crippen molar-refractivity contribution in [2.24, 2.45) is 5.41 Å². The second-order valence-corrected chi connectivity index (χ2v) is 22.8. The molecule has 7 aromatic carbocycles. The zero-order valence-corrected chi connectivity index (χ0v) is 32.8. The number of benzene rings is 7. The molecule has 2 heteroatoms. The standard InChI is InChI=1S/C51H49NSi/c1-49-30-14-15-31-50(49,2)52(47-29-24-40(53(3,4)5)32-36(47)34-49)39-23-26-44-46(33-39)51(37-17-8-6-9-18-37,38-19-10-7-11-20-38)45-28-27-42-41-21-13-12-16-35(41)22-25-43(42)48(44)45/h6-13,16-29,32-33H,14-15,30-31,34H2,1-5H3. The minimum atomic E-state index is -1.48. The van der Waals surface area contributed by atoms with Crippen LogP contribution in [-0.4, -0.2) is 13.6 Å². The van der Waals surface area contributed by atoms with Gasteiger partial charge in [0.1, 0.15) is 0 Å². The Morgan fingerprint density at radius 1 is 0.566 bits per heavy atom. The SMILES string of the molecule is CC12CCCCC1(C)N(c1ccc3c(c1)C(c1ccccc1)(c1ccccc1)c1ccc4c(ccc5ccccc54)c1-3)c1ccc([Si](C)(C)C)cc1C2. The Balaban J connectivity index is 1.30. The van der Waals surface area contributed by atoms with E-state index in [0.717, 1.165) is 6.42 Å². The van der Waals surface area contributed by atoms with Crippen LogP contribution in [0.4, 0.5) is 11.4 Å². The lowest BCUT2D eigenvalue weighted by atomic mass is 9.57. The summed E-state index contributed by atoms with van der Waals surface area (Å²) in [4.78, 5) is 2.81. The Bertz CT molecular complexity index is 2520. The van der Waals surface area contributed by atoms with Crippen LogP contribution in [0.15, 0.2) is 146 Å². The molecule has 0 N–H and O–H groups in total. The molecule has 0 radical (unpaired) electrons. The molecule has 2 unspecified atom stereocenters. The second-order valence-electron chi connectivity index (χ2n) is 17.7. The topological polar surface area (TPSA) is 3.24 Å². The number of fused-ring (bicyclic) bond motifs is 9. The lowest BCUT2D eigenvalue weighted by molar-refractivity contribution is 0.0863. The molecule has 0 amide bonds. The highest BCUT2D eigenvalue weighted by Gasteiger charge is 2.55. The smallest absolute Gasteiger partial charge is 0.0776 e. The quantitative estimate of drug-likeness (QED) is 0.130. The maximum Gasteiger partial charge on any atom is 0.0776 e. The highest BCUT2D eigenvalue weighted by Crippen LogP contribution is 2.61. The third-order valence-electron chi connectivity index (χ3n) is 13.9. The Kier molecular flexibility index (Phi) is 7.12. The third-order valence-corrected chi connectivity index (χ3v) is 15.9. The van der Waals surface area contributed by atoms with E-state index in [1.54, 1.807) is 5.19 Å². The second kappa shape index (κ2) is 11.5.